The fourth-order valence-corrected chi connectivity index (χ4v) is 1.22. The summed E-state index contributed by atoms with van der Waals surface area (Å²) >= 11 is 0. The van der Waals surface area contributed by atoms with Gasteiger partial charge in [0, 0.05) is 11.9 Å². The van der Waals surface area contributed by atoms with E-state index in [1.807, 2.05) is 37.3 Å². The molecule has 1 atom stereocenters. The summed E-state index contributed by atoms with van der Waals surface area (Å²) < 4.78 is 0. The molecule has 1 rings (SSSR count). The smallest absolute Gasteiger partial charge is 0.549 e. The summed E-state index contributed by atoms with van der Waals surface area (Å²) in [4.78, 5) is 10.6. The maximum atomic E-state index is 10.6. The van der Waals surface area contributed by atoms with E-state index in [1.54, 1.807) is 0 Å². The van der Waals surface area contributed by atoms with Gasteiger partial charge < -0.3 is 9.90 Å². The Balaban J connectivity index is 0.00000144. The summed E-state index contributed by atoms with van der Waals surface area (Å²) in [6, 6.07) is 9.15. The quantitative estimate of drug-likeness (QED) is 0.509. The second-order valence-corrected chi connectivity index (χ2v) is 2.69. The molecule has 2 nitrogen and oxygen atoms in total. The molecule has 0 aliphatic heterocycles. The van der Waals surface area contributed by atoms with Crippen LogP contribution in [0.1, 0.15) is 24.8 Å². The van der Waals surface area contributed by atoms with Gasteiger partial charge in [-0.25, -0.2) is 0 Å². The standard InChI is InChI=1S/C10H12O2.Na/c1-2-9(10(11)12)8-6-4-3-5-7-8;/h3-7,9H,2H2,1H3,(H,11,12);/q;+1/p-1/t9-;/m0./s1. The fourth-order valence-electron chi connectivity index (χ4n) is 1.22. The summed E-state index contributed by atoms with van der Waals surface area (Å²) in [5.41, 5.74) is 0.819. The monoisotopic (exact) mass is 186 g/mol. The van der Waals surface area contributed by atoms with Gasteiger partial charge in [0.25, 0.3) is 0 Å². The van der Waals surface area contributed by atoms with E-state index >= 15 is 0 Å². The van der Waals surface area contributed by atoms with Crippen LogP contribution in [0.2, 0.25) is 0 Å². The molecule has 0 N–H and O–H groups in total. The van der Waals surface area contributed by atoms with Gasteiger partial charge in [-0.3, -0.25) is 0 Å². The Kier molecular flexibility index (Phi) is 6.04. The predicted molar refractivity (Wildman–Crippen MR) is 44.5 cm³/mol. The number of hydrogen-bond acceptors (Lipinski definition) is 2. The molecule has 0 fully saturated rings. The first kappa shape index (κ1) is 12.7. The number of rotatable bonds is 3. The molecule has 0 bridgehead atoms. The normalized spacial score (nSPS) is 11.5. The van der Waals surface area contributed by atoms with Crippen molar-refractivity contribution in [1.82, 2.24) is 0 Å². The third-order valence-corrected chi connectivity index (χ3v) is 1.89. The van der Waals surface area contributed by atoms with Crippen molar-refractivity contribution < 1.29 is 39.5 Å². The summed E-state index contributed by atoms with van der Waals surface area (Å²) in [6.45, 7) is 1.84. The third-order valence-electron chi connectivity index (χ3n) is 1.89. The third kappa shape index (κ3) is 3.51. The zero-order valence-electron chi connectivity index (χ0n) is 7.99. The molecule has 0 radical (unpaired) electrons. The number of hydrogen-bond donors (Lipinski definition) is 0. The maximum Gasteiger partial charge on any atom is 1.00 e. The Labute approximate surface area is 100 Å². The predicted octanol–water partition coefficient (Wildman–Crippen LogP) is -2.07. The van der Waals surface area contributed by atoms with Crippen LogP contribution in [0, 0.1) is 0 Å². The minimum absolute atomic E-state index is 0. The van der Waals surface area contributed by atoms with Crippen molar-refractivity contribution in [1.29, 1.82) is 0 Å². The van der Waals surface area contributed by atoms with Gasteiger partial charge in [-0.2, -0.15) is 0 Å². The maximum absolute atomic E-state index is 10.6. The molecule has 3 heteroatoms. The molecule has 0 unspecified atom stereocenters. The second kappa shape index (κ2) is 6.19. The molecule has 0 aromatic heterocycles. The average Bonchev–Trinajstić information content (AvgIpc) is 2.07. The molecular weight excluding hydrogens is 175 g/mol. The van der Waals surface area contributed by atoms with Gasteiger partial charge in [0.2, 0.25) is 0 Å². The summed E-state index contributed by atoms with van der Waals surface area (Å²) in [7, 11) is 0. The molecule has 13 heavy (non-hydrogen) atoms. The van der Waals surface area contributed by atoms with E-state index in [4.69, 9.17) is 0 Å². The minimum atomic E-state index is -0.997. The first-order valence-electron chi connectivity index (χ1n) is 4.01. The van der Waals surface area contributed by atoms with Gasteiger partial charge in [0.1, 0.15) is 0 Å². The van der Waals surface area contributed by atoms with Crippen LogP contribution >= 0.6 is 0 Å². The van der Waals surface area contributed by atoms with E-state index in [-0.39, 0.29) is 29.6 Å². The van der Waals surface area contributed by atoms with Gasteiger partial charge >= 0.3 is 29.6 Å². The van der Waals surface area contributed by atoms with E-state index in [2.05, 4.69) is 0 Å². The molecule has 0 spiro atoms. The molecule has 1 aromatic rings. The average molecular weight is 186 g/mol. The van der Waals surface area contributed by atoms with E-state index in [0.29, 0.717) is 6.42 Å². The van der Waals surface area contributed by atoms with E-state index in [0.717, 1.165) is 5.56 Å². The Bertz CT molecular complexity index is 259. The van der Waals surface area contributed by atoms with Crippen molar-refractivity contribution >= 4 is 5.97 Å². The van der Waals surface area contributed by atoms with Crippen LogP contribution in [0.15, 0.2) is 30.3 Å². The first-order valence-corrected chi connectivity index (χ1v) is 4.01. The minimum Gasteiger partial charge on any atom is -0.549 e. The molecule has 0 aliphatic rings. The van der Waals surface area contributed by atoms with Crippen LogP contribution in [-0.4, -0.2) is 5.97 Å². The Morgan fingerprint density at radius 2 is 1.92 bits per heavy atom. The van der Waals surface area contributed by atoms with Gasteiger partial charge in [-0.15, -0.1) is 0 Å². The first-order chi connectivity index (χ1) is 5.75. The largest absolute Gasteiger partial charge is 1.00 e. The SMILES string of the molecule is CC[C@H](C(=O)[O-])c1ccccc1.[Na+]. The summed E-state index contributed by atoms with van der Waals surface area (Å²) in [5, 5.41) is 10.6. The van der Waals surface area contributed by atoms with Crippen molar-refractivity contribution in [3.8, 4) is 0 Å². The van der Waals surface area contributed by atoms with Crippen LogP contribution in [0.4, 0.5) is 0 Å². The number of carboxylic acids is 1. The Morgan fingerprint density at radius 1 is 1.38 bits per heavy atom. The Morgan fingerprint density at radius 3 is 2.31 bits per heavy atom. The van der Waals surface area contributed by atoms with Gasteiger partial charge in [0.05, 0.1) is 0 Å². The van der Waals surface area contributed by atoms with Crippen molar-refractivity contribution in [3.63, 3.8) is 0 Å². The van der Waals surface area contributed by atoms with Crippen LogP contribution < -0.4 is 34.7 Å². The van der Waals surface area contributed by atoms with Gasteiger partial charge in [-0.1, -0.05) is 37.3 Å². The van der Waals surface area contributed by atoms with E-state index < -0.39 is 11.9 Å². The number of carbonyl (C=O) groups is 1. The van der Waals surface area contributed by atoms with E-state index in [1.165, 1.54) is 0 Å². The molecule has 0 saturated carbocycles. The number of carbonyl (C=O) groups excluding carboxylic acids is 1. The molecule has 64 valence electrons. The molecule has 0 aliphatic carbocycles. The number of benzene rings is 1. The number of carboxylic acid groups (broad SMARTS) is 1. The molecule has 0 heterocycles. The van der Waals surface area contributed by atoms with Crippen LogP contribution in [-0.2, 0) is 4.79 Å². The van der Waals surface area contributed by atoms with Gasteiger partial charge in [0.15, 0.2) is 0 Å². The number of aliphatic carboxylic acids is 1. The van der Waals surface area contributed by atoms with Crippen LogP contribution in [0.3, 0.4) is 0 Å². The molecule has 0 amide bonds. The van der Waals surface area contributed by atoms with Crippen molar-refractivity contribution in [3.05, 3.63) is 35.9 Å². The second-order valence-electron chi connectivity index (χ2n) is 2.69. The zero-order valence-corrected chi connectivity index (χ0v) is 9.99. The van der Waals surface area contributed by atoms with Crippen molar-refractivity contribution in [2.24, 2.45) is 0 Å². The Hall–Kier alpha value is -0.310. The molecular formula is C10H11NaO2. The summed E-state index contributed by atoms with van der Waals surface area (Å²) in [6.07, 6.45) is 0.576. The topological polar surface area (TPSA) is 40.1 Å². The van der Waals surface area contributed by atoms with Crippen LogP contribution in [0.25, 0.3) is 0 Å². The molecule has 0 saturated heterocycles. The molecule has 1 aromatic carbocycles. The van der Waals surface area contributed by atoms with Crippen molar-refractivity contribution in [2.75, 3.05) is 0 Å². The summed E-state index contributed by atoms with van der Waals surface area (Å²) in [5.74, 6) is -1.46. The van der Waals surface area contributed by atoms with Crippen LogP contribution in [0.5, 0.6) is 0 Å². The van der Waals surface area contributed by atoms with Crippen molar-refractivity contribution in [2.45, 2.75) is 19.3 Å². The van der Waals surface area contributed by atoms with Gasteiger partial charge in [-0.05, 0) is 12.0 Å². The fraction of sp³-hybridized carbons (Fsp3) is 0.300. The van der Waals surface area contributed by atoms with E-state index in [9.17, 15) is 9.90 Å². The zero-order chi connectivity index (χ0) is 8.97.